The lowest BCUT2D eigenvalue weighted by molar-refractivity contribution is 0.194. The van der Waals surface area contributed by atoms with Crippen molar-refractivity contribution in [2.24, 2.45) is 0 Å². The van der Waals surface area contributed by atoms with Crippen LogP contribution in [0.5, 0.6) is 0 Å². The number of aryl methyl sites for hydroxylation is 1. The number of amides is 2. The number of aromatic nitrogens is 1. The van der Waals surface area contributed by atoms with E-state index in [1.54, 1.807) is 0 Å². The van der Waals surface area contributed by atoms with Crippen LogP contribution in [-0.4, -0.2) is 15.5 Å². The number of nitrogens with zero attached hydrogens (tertiary/aromatic N) is 2. The van der Waals surface area contributed by atoms with Gasteiger partial charge in [-0.25, -0.2) is 4.79 Å². The molecule has 32 heavy (non-hydrogen) atoms. The molecular formula is C26H21Cl2N3O. The molecular weight excluding hydrogens is 441 g/mol. The standard InChI is InChI=1S/C26H21Cl2N3O/c1-17-11-12-22(21(28)14-17)29-26(32)31-16-19-6-2-3-9-23(19)30-13-5-10-24(30)25(31)18-7-4-8-20(27)15-18/h2-15,25H,16H2,1H3,(H,29,32)/t25-/m1/s1. The molecule has 2 amide bonds. The summed E-state index contributed by atoms with van der Waals surface area (Å²) in [6.45, 7) is 2.40. The molecule has 1 atom stereocenters. The van der Waals surface area contributed by atoms with E-state index in [2.05, 4.69) is 22.0 Å². The molecule has 1 aliphatic rings. The minimum absolute atomic E-state index is 0.231. The zero-order valence-electron chi connectivity index (χ0n) is 17.4. The summed E-state index contributed by atoms with van der Waals surface area (Å²) in [5, 5.41) is 4.16. The summed E-state index contributed by atoms with van der Waals surface area (Å²) < 4.78 is 2.15. The van der Waals surface area contributed by atoms with Gasteiger partial charge in [0.2, 0.25) is 0 Å². The van der Waals surface area contributed by atoms with Gasteiger partial charge in [0, 0.05) is 16.9 Å². The Labute approximate surface area is 197 Å². The molecule has 1 aromatic heterocycles. The lowest BCUT2D eigenvalue weighted by Crippen LogP contribution is -2.38. The van der Waals surface area contributed by atoms with Crippen molar-refractivity contribution in [2.45, 2.75) is 19.5 Å². The van der Waals surface area contributed by atoms with Crippen molar-refractivity contribution in [1.29, 1.82) is 0 Å². The van der Waals surface area contributed by atoms with Gasteiger partial charge in [-0.1, -0.05) is 59.6 Å². The van der Waals surface area contributed by atoms with Crippen LogP contribution in [0, 0.1) is 6.92 Å². The molecule has 0 bridgehead atoms. The molecule has 3 aromatic carbocycles. The highest BCUT2D eigenvalue weighted by atomic mass is 35.5. The first kappa shape index (κ1) is 20.7. The van der Waals surface area contributed by atoms with E-state index in [9.17, 15) is 4.79 Å². The second-order valence-corrected chi connectivity index (χ2v) is 8.77. The average molecular weight is 462 g/mol. The predicted molar refractivity (Wildman–Crippen MR) is 130 cm³/mol. The van der Waals surface area contributed by atoms with E-state index in [1.807, 2.05) is 84.8 Å². The number of halogens is 2. The fraction of sp³-hybridized carbons (Fsp3) is 0.115. The lowest BCUT2D eigenvalue weighted by atomic mass is 10.0. The van der Waals surface area contributed by atoms with Crippen molar-refractivity contribution < 1.29 is 4.79 Å². The second kappa shape index (κ2) is 8.38. The number of nitrogens with one attached hydrogen (secondary N) is 1. The molecule has 0 fully saturated rings. The number of carbonyl (C=O) groups is 1. The molecule has 160 valence electrons. The average Bonchev–Trinajstić information content (AvgIpc) is 3.20. The SMILES string of the molecule is Cc1ccc(NC(=O)N2Cc3ccccc3-n3cccc3[C@H]2c2cccc(Cl)c2)c(Cl)c1. The molecule has 2 heterocycles. The normalized spacial score (nSPS) is 15.0. The molecule has 4 nitrogen and oxygen atoms in total. The van der Waals surface area contributed by atoms with Crippen LogP contribution < -0.4 is 5.32 Å². The monoisotopic (exact) mass is 461 g/mol. The van der Waals surface area contributed by atoms with E-state index in [0.717, 1.165) is 28.1 Å². The van der Waals surface area contributed by atoms with Crippen LogP contribution in [0.4, 0.5) is 10.5 Å². The molecule has 4 aromatic rings. The number of anilines is 1. The molecule has 0 saturated carbocycles. The number of rotatable bonds is 2. The molecule has 0 aliphatic carbocycles. The number of carbonyl (C=O) groups excluding carboxylic acids is 1. The lowest BCUT2D eigenvalue weighted by Gasteiger charge is -2.31. The van der Waals surface area contributed by atoms with Crippen LogP contribution in [0.25, 0.3) is 5.69 Å². The van der Waals surface area contributed by atoms with E-state index in [-0.39, 0.29) is 12.1 Å². The number of urea groups is 1. The Morgan fingerprint density at radius 3 is 2.62 bits per heavy atom. The van der Waals surface area contributed by atoms with Crippen molar-refractivity contribution in [2.75, 3.05) is 5.32 Å². The maximum Gasteiger partial charge on any atom is 0.323 e. The van der Waals surface area contributed by atoms with E-state index in [4.69, 9.17) is 23.2 Å². The number of fused-ring (bicyclic) bond motifs is 3. The highest BCUT2D eigenvalue weighted by Gasteiger charge is 2.33. The van der Waals surface area contributed by atoms with Gasteiger partial charge in [0.15, 0.2) is 0 Å². The third kappa shape index (κ3) is 3.77. The molecule has 0 unspecified atom stereocenters. The molecule has 0 spiro atoms. The van der Waals surface area contributed by atoms with Crippen LogP contribution in [0.2, 0.25) is 10.0 Å². The largest absolute Gasteiger partial charge is 0.323 e. The Morgan fingerprint density at radius 1 is 0.969 bits per heavy atom. The van der Waals surface area contributed by atoms with Gasteiger partial charge in [-0.05, 0) is 66.1 Å². The minimum atomic E-state index is -0.333. The summed E-state index contributed by atoms with van der Waals surface area (Å²) >= 11 is 12.8. The van der Waals surface area contributed by atoms with Crippen LogP contribution in [0.3, 0.4) is 0 Å². The zero-order chi connectivity index (χ0) is 22.2. The van der Waals surface area contributed by atoms with Crippen molar-refractivity contribution in [3.8, 4) is 5.69 Å². The Kier molecular flexibility index (Phi) is 5.41. The van der Waals surface area contributed by atoms with Crippen molar-refractivity contribution >= 4 is 34.9 Å². The summed E-state index contributed by atoms with van der Waals surface area (Å²) in [5.41, 5.74) is 5.66. The molecule has 0 radical (unpaired) electrons. The van der Waals surface area contributed by atoms with Gasteiger partial charge in [-0.15, -0.1) is 0 Å². The predicted octanol–water partition coefficient (Wildman–Crippen LogP) is 7.23. The maximum atomic E-state index is 13.7. The summed E-state index contributed by atoms with van der Waals surface area (Å²) in [5.74, 6) is 0. The third-order valence-corrected chi connectivity index (χ3v) is 6.30. The summed E-state index contributed by atoms with van der Waals surface area (Å²) in [6.07, 6.45) is 2.03. The first-order valence-corrected chi connectivity index (χ1v) is 11.1. The van der Waals surface area contributed by atoms with Crippen LogP contribution >= 0.6 is 23.2 Å². The summed E-state index contributed by atoms with van der Waals surface area (Å²) in [7, 11) is 0. The van der Waals surface area contributed by atoms with E-state index in [1.165, 1.54) is 0 Å². The van der Waals surface area contributed by atoms with E-state index >= 15 is 0 Å². The van der Waals surface area contributed by atoms with Crippen LogP contribution in [0.15, 0.2) is 85.1 Å². The number of hydrogen-bond acceptors (Lipinski definition) is 1. The zero-order valence-corrected chi connectivity index (χ0v) is 18.9. The molecule has 5 rings (SSSR count). The van der Waals surface area contributed by atoms with Crippen molar-refractivity contribution in [3.63, 3.8) is 0 Å². The quantitative estimate of drug-likeness (QED) is 0.335. The third-order valence-electron chi connectivity index (χ3n) is 5.76. The Morgan fingerprint density at radius 2 is 1.81 bits per heavy atom. The number of benzene rings is 3. The highest BCUT2D eigenvalue weighted by Crippen LogP contribution is 2.38. The summed E-state index contributed by atoms with van der Waals surface area (Å²) in [6, 6.07) is 24.9. The van der Waals surface area contributed by atoms with Crippen molar-refractivity contribution in [3.05, 3.63) is 117 Å². The molecule has 1 aliphatic heterocycles. The highest BCUT2D eigenvalue weighted by molar-refractivity contribution is 6.33. The second-order valence-electron chi connectivity index (χ2n) is 7.93. The van der Waals surface area contributed by atoms with Crippen LogP contribution in [0.1, 0.15) is 28.4 Å². The van der Waals surface area contributed by atoms with Crippen molar-refractivity contribution in [1.82, 2.24) is 9.47 Å². The van der Waals surface area contributed by atoms with Gasteiger partial charge >= 0.3 is 6.03 Å². The molecule has 1 N–H and O–H groups in total. The Balaban J connectivity index is 1.64. The molecule has 0 saturated heterocycles. The first-order valence-electron chi connectivity index (χ1n) is 10.4. The maximum absolute atomic E-state index is 13.7. The van der Waals surface area contributed by atoms with Gasteiger partial charge in [0.1, 0.15) is 0 Å². The first-order chi connectivity index (χ1) is 15.5. The molecule has 6 heteroatoms. The summed E-state index contributed by atoms with van der Waals surface area (Å²) in [4.78, 5) is 15.5. The van der Waals surface area contributed by atoms with Crippen LogP contribution in [-0.2, 0) is 6.54 Å². The number of hydrogen-bond donors (Lipinski definition) is 1. The smallest absolute Gasteiger partial charge is 0.318 e. The van der Waals surface area contributed by atoms with Gasteiger partial charge in [-0.2, -0.15) is 0 Å². The van der Waals surface area contributed by atoms with Gasteiger partial charge in [-0.3, -0.25) is 0 Å². The van der Waals surface area contributed by atoms with E-state index < -0.39 is 0 Å². The minimum Gasteiger partial charge on any atom is -0.318 e. The van der Waals surface area contributed by atoms with Gasteiger partial charge in [0.05, 0.1) is 29.0 Å². The Bertz CT molecular complexity index is 1310. The van der Waals surface area contributed by atoms with Gasteiger partial charge < -0.3 is 14.8 Å². The number of para-hydroxylation sites is 1. The fourth-order valence-electron chi connectivity index (χ4n) is 4.28. The van der Waals surface area contributed by atoms with E-state index in [0.29, 0.717) is 22.3 Å². The fourth-order valence-corrected chi connectivity index (χ4v) is 4.76. The topological polar surface area (TPSA) is 37.3 Å². The Hall–Kier alpha value is -3.21. The van der Waals surface area contributed by atoms with Gasteiger partial charge in [0.25, 0.3) is 0 Å².